The predicted octanol–water partition coefficient (Wildman–Crippen LogP) is 4.62. The largest absolute Gasteiger partial charge is 0.497 e. The topological polar surface area (TPSA) is 96.0 Å². The van der Waals surface area contributed by atoms with Gasteiger partial charge in [-0.15, -0.1) is 0 Å². The SMILES string of the molecule is COc1ccc(S(=O)(=O)N(CC(=O)N(Cc2ccc(Cl)cc2)C(C)C(=O)NC(C)C)c2ccc(F)cc2)cc1. The lowest BCUT2D eigenvalue weighted by atomic mass is 10.1. The van der Waals surface area contributed by atoms with Gasteiger partial charge in [0, 0.05) is 17.6 Å². The van der Waals surface area contributed by atoms with Crippen LogP contribution in [0.2, 0.25) is 5.02 Å². The van der Waals surface area contributed by atoms with Gasteiger partial charge in [0.1, 0.15) is 24.2 Å². The van der Waals surface area contributed by atoms with Crippen LogP contribution >= 0.6 is 11.6 Å². The summed E-state index contributed by atoms with van der Waals surface area (Å²) in [6, 6.07) is 16.2. The fourth-order valence-corrected chi connectivity index (χ4v) is 5.33. The lowest BCUT2D eigenvalue weighted by Crippen LogP contribution is -2.52. The van der Waals surface area contributed by atoms with E-state index < -0.39 is 40.2 Å². The van der Waals surface area contributed by atoms with E-state index in [2.05, 4.69) is 5.32 Å². The summed E-state index contributed by atoms with van der Waals surface area (Å²) in [5, 5.41) is 3.30. The lowest BCUT2D eigenvalue weighted by Gasteiger charge is -2.32. The zero-order valence-corrected chi connectivity index (χ0v) is 23.7. The summed E-state index contributed by atoms with van der Waals surface area (Å²) >= 11 is 6.00. The van der Waals surface area contributed by atoms with Gasteiger partial charge in [-0.1, -0.05) is 23.7 Å². The second-order valence-corrected chi connectivity index (χ2v) is 11.4. The van der Waals surface area contributed by atoms with Crippen LogP contribution in [0.3, 0.4) is 0 Å². The van der Waals surface area contributed by atoms with Crippen LogP contribution in [0.5, 0.6) is 5.75 Å². The summed E-state index contributed by atoms with van der Waals surface area (Å²) in [6.45, 7) is 4.57. The molecule has 0 aromatic heterocycles. The number of halogens is 2. The van der Waals surface area contributed by atoms with E-state index in [1.807, 2.05) is 0 Å². The molecule has 0 fully saturated rings. The Balaban J connectivity index is 2.02. The second-order valence-electron chi connectivity index (χ2n) is 9.15. The zero-order valence-electron chi connectivity index (χ0n) is 22.1. The van der Waals surface area contributed by atoms with Gasteiger partial charge in [-0.2, -0.15) is 0 Å². The van der Waals surface area contributed by atoms with Crippen LogP contribution in [0, 0.1) is 5.82 Å². The number of benzene rings is 3. The first-order chi connectivity index (χ1) is 18.4. The van der Waals surface area contributed by atoms with Crippen LogP contribution in [-0.2, 0) is 26.2 Å². The third-order valence-electron chi connectivity index (χ3n) is 5.91. The number of hydrogen-bond donors (Lipinski definition) is 1. The van der Waals surface area contributed by atoms with E-state index in [4.69, 9.17) is 16.3 Å². The van der Waals surface area contributed by atoms with Gasteiger partial charge in [0.15, 0.2) is 0 Å². The zero-order chi connectivity index (χ0) is 28.7. The van der Waals surface area contributed by atoms with Crippen molar-refractivity contribution in [1.29, 1.82) is 0 Å². The molecule has 3 aromatic rings. The molecule has 8 nitrogen and oxygen atoms in total. The molecule has 0 saturated heterocycles. The molecule has 0 spiro atoms. The molecule has 0 aliphatic carbocycles. The quantitative estimate of drug-likeness (QED) is 0.360. The minimum Gasteiger partial charge on any atom is -0.497 e. The first-order valence-corrected chi connectivity index (χ1v) is 14.0. The third-order valence-corrected chi connectivity index (χ3v) is 7.95. The lowest BCUT2D eigenvalue weighted by molar-refractivity contribution is -0.139. The summed E-state index contributed by atoms with van der Waals surface area (Å²) in [4.78, 5) is 27.9. The molecule has 208 valence electrons. The van der Waals surface area contributed by atoms with Crippen molar-refractivity contribution in [2.75, 3.05) is 18.0 Å². The van der Waals surface area contributed by atoms with Crippen molar-refractivity contribution in [1.82, 2.24) is 10.2 Å². The molecule has 0 heterocycles. The number of methoxy groups -OCH3 is 1. The highest BCUT2D eigenvalue weighted by Gasteiger charge is 2.32. The Hall–Kier alpha value is -3.63. The standard InChI is InChI=1S/C28H31ClFN3O5S/c1-19(2)31-28(35)20(3)32(17-21-5-7-22(29)8-6-21)27(34)18-33(24-11-9-23(30)10-12-24)39(36,37)26-15-13-25(38-4)14-16-26/h5-16,19-20H,17-18H2,1-4H3,(H,31,35). The molecule has 0 bridgehead atoms. The number of nitrogens with one attached hydrogen (secondary N) is 1. The van der Waals surface area contributed by atoms with Crippen LogP contribution in [0.1, 0.15) is 26.3 Å². The summed E-state index contributed by atoms with van der Waals surface area (Å²) in [7, 11) is -2.82. The van der Waals surface area contributed by atoms with Crippen molar-refractivity contribution >= 4 is 39.1 Å². The number of nitrogens with zero attached hydrogens (tertiary/aromatic N) is 2. The van der Waals surface area contributed by atoms with Crippen molar-refractivity contribution < 1.29 is 27.1 Å². The van der Waals surface area contributed by atoms with E-state index in [-0.39, 0.29) is 23.2 Å². The molecule has 0 radical (unpaired) electrons. The number of sulfonamides is 1. The maximum atomic E-state index is 13.8. The van der Waals surface area contributed by atoms with E-state index >= 15 is 0 Å². The van der Waals surface area contributed by atoms with Gasteiger partial charge < -0.3 is 15.0 Å². The molecule has 0 saturated carbocycles. The van der Waals surface area contributed by atoms with Gasteiger partial charge in [0.25, 0.3) is 10.0 Å². The average molecular weight is 576 g/mol. The van der Waals surface area contributed by atoms with E-state index in [9.17, 15) is 22.4 Å². The van der Waals surface area contributed by atoms with Crippen LogP contribution in [0.4, 0.5) is 10.1 Å². The molecule has 2 amide bonds. The molecule has 11 heteroatoms. The number of carbonyl (C=O) groups is 2. The smallest absolute Gasteiger partial charge is 0.264 e. The number of amides is 2. The Morgan fingerprint density at radius 1 is 0.949 bits per heavy atom. The van der Waals surface area contributed by atoms with Crippen LogP contribution in [0.15, 0.2) is 77.7 Å². The van der Waals surface area contributed by atoms with E-state index in [0.717, 1.165) is 16.4 Å². The van der Waals surface area contributed by atoms with Crippen LogP contribution in [0.25, 0.3) is 0 Å². The van der Waals surface area contributed by atoms with Crippen LogP contribution in [-0.4, -0.2) is 50.9 Å². The fraction of sp³-hybridized carbons (Fsp3) is 0.286. The Morgan fingerprint density at radius 2 is 1.54 bits per heavy atom. The van der Waals surface area contributed by atoms with Gasteiger partial charge in [-0.05, 0) is 87.0 Å². The molecule has 3 rings (SSSR count). The highest BCUT2D eigenvalue weighted by atomic mass is 35.5. The minimum atomic E-state index is -4.27. The highest BCUT2D eigenvalue weighted by molar-refractivity contribution is 7.92. The molecule has 1 atom stereocenters. The van der Waals surface area contributed by atoms with Crippen LogP contribution < -0.4 is 14.4 Å². The maximum absolute atomic E-state index is 13.8. The van der Waals surface area contributed by atoms with Gasteiger partial charge in [-0.3, -0.25) is 13.9 Å². The van der Waals surface area contributed by atoms with Crippen molar-refractivity contribution in [2.45, 2.75) is 44.3 Å². The maximum Gasteiger partial charge on any atom is 0.264 e. The van der Waals surface area contributed by atoms with E-state index in [0.29, 0.717) is 16.3 Å². The number of rotatable bonds is 11. The Bertz CT molecular complexity index is 1380. The van der Waals surface area contributed by atoms with Gasteiger partial charge in [-0.25, -0.2) is 12.8 Å². The van der Waals surface area contributed by atoms with Crippen molar-refractivity contribution in [3.05, 3.63) is 89.2 Å². The number of ether oxygens (including phenoxy) is 1. The van der Waals surface area contributed by atoms with Crippen molar-refractivity contribution in [3.8, 4) is 5.75 Å². The summed E-state index contributed by atoms with van der Waals surface area (Å²) in [5.41, 5.74) is 0.787. The Labute approximate surface area is 233 Å². The molecular weight excluding hydrogens is 545 g/mol. The average Bonchev–Trinajstić information content (AvgIpc) is 2.91. The predicted molar refractivity (Wildman–Crippen MR) is 149 cm³/mol. The number of carbonyl (C=O) groups excluding carboxylic acids is 2. The number of anilines is 1. The normalized spacial score (nSPS) is 12.1. The summed E-state index contributed by atoms with van der Waals surface area (Å²) in [5.74, 6) is -1.12. The monoisotopic (exact) mass is 575 g/mol. The fourth-order valence-electron chi connectivity index (χ4n) is 3.79. The second kappa shape index (κ2) is 12.9. The highest BCUT2D eigenvalue weighted by Crippen LogP contribution is 2.26. The van der Waals surface area contributed by atoms with E-state index in [1.165, 1.54) is 48.4 Å². The van der Waals surface area contributed by atoms with Gasteiger partial charge in [0.2, 0.25) is 11.8 Å². The van der Waals surface area contributed by atoms with Gasteiger partial charge >= 0.3 is 0 Å². The first kappa shape index (κ1) is 29.9. The Morgan fingerprint density at radius 3 is 2.08 bits per heavy atom. The van der Waals surface area contributed by atoms with E-state index in [1.54, 1.807) is 45.0 Å². The Kier molecular flexibility index (Phi) is 9.93. The van der Waals surface area contributed by atoms with Gasteiger partial charge in [0.05, 0.1) is 17.7 Å². The molecule has 0 aliphatic rings. The van der Waals surface area contributed by atoms with Crippen molar-refractivity contribution in [3.63, 3.8) is 0 Å². The molecular formula is C28H31ClFN3O5S. The summed E-state index contributed by atoms with van der Waals surface area (Å²) < 4.78 is 47.2. The third kappa shape index (κ3) is 7.70. The molecule has 1 unspecified atom stereocenters. The number of hydrogen-bond acceptors (Lipinski definition) is 5. The molecule has 3 aromatic carbocycles. The minimum absolute atomic E-state index is 0.0303. The molecule has 1 N–H and O–H groups in total. The van der Waals surface area contributed by atoms with Crippen molar-refractivity contribution in [2.24, 2.45) is 0 Å². The molecule has 0 aliphatic heterocycles. The summed E-state index contributed by atoms with van der Waals surface area (Å²) in [6.07, 6.45) is 0. The molecule has 39 heavy (non-hydrogen) atoms. The first-order valence-electron chi connectivity index (χ1n) is 12.2.